The molecule has 1 fully saturated rings. The van der Waals surface area contributed by atoms with E-state index in [2.05, 4.69) is 46.3 Å². The quantitative estimate of drug-likeness (QED) is 0.702. The first-order chi connectivity index (χ1) is 13.2. The maximum atomic E-state index is 12.6. The van der Waals surface area contributed by atoms with Crippen molar-refractivity contribution in [2.24, 2.45) is 0 Å². The van der Waals surface area contributed by atoms with Gasteiger partial charge in [0.15, 0.2) is 0 Å². The number of benzene rings is 2. The summed E-state index contributed by atoms with van der Waals surface area (Å²) < 4.78 is 2.01. The molecular weight excluding hydrogens is 336 g/mol. The Hall–Kier alpha value is -3.08. The molecule has 0 spiro atoms. The summed E-state index contributed by atoms with van der Waals surface area (Å²) in [6.07, 6.45) is 4.73. The van der Waals surface area contributed by atoms with Crippen LogP contribution in [-0.2, 0) is 11.2 Å². The van der Waals surface area contributed by atoms with E-state index in [-0.39, 0.29) is 5.91 Å². The summed E-state index contributed by atoms with van der Waals surface area (Å²) in [7, 11) is 0. The molecule has 0 atom stereocenters. The molecule has 27 heavy (non-hydrogen) atoms. The molecule has 2 aromatic carbocycles. The van der Waals surface area contributed by atoms with Crippen LogP contribution in [-0.4, -0.2) is 46.5 Å². The van der Waals surface area contributed by atoms with Crippen molar-refractivity contribution in [3.05, 3.63) is 78.4 Å². The summed E-state index contributed by atoms with van der Waals surface area (Å²) in [6.45, 7) is 4.85. The van der Waals surface area contributed by atoms with Gasteiger partial charge in [-0.3, -0.25) is 4.79 Å². The van der Waals surface area contributed by atoms with E-state index < -0.39 is 0 Å². The Balaban J connectivity index is 1.35. The summed E-state index contributed by atoms with van der Waals surface area (Å²) in [5.74, 6) is 0.200. The van der Waals surface area contributed by atoms with Crippen molar-refractivity contribution >= 4 is 11.6 Å². The van der Waals surface area contributed by atoms with E-state index in [1.165, 1.54) is 5.56 Å². The largest absolute Gasteiger partial charge is 0.360 e. The molecule has 0 aliphatic carbocycles. The molecule has 2 heterocycles. The lowest BCUT2D eigenvalue weighted by Crippen LogP contribution is -2.51. The van der Waals surface area contributed by atoms with E-state index >= 15 is 0 Å². The highest BCUT2D eigenvalue weighted by molar-refractivity contribution is 5.83. The van der Waals surface area contributed by atoms with Gasteiger partial charge in [0.05, 0.1) is 18.6 Å². The summed E-state index contributed by atoms with van der Waals surface area (Å²) in [6, 6.07) is 18.6. The molecule has 4 rings (SSSR count). The van der Waals surface area contributed by atoms with Gasteiger partial charge in [0.25, 0.3) is 0 Å². The van der Waals surface area contributed by atoms with Crippen molar-refractivity contribution in [2.45, 2.75) is 13.3 Å². The lowest BCUT2D eigenvalue weighted by molar-refractivity contribution is -0.130. The lowest BCUT2D eigenvalue weighted by atomic mass is 10.1. The third kappa shape index (κ3) is 4.03. The van der Waals surface area contributed by atoms with Crippen LogP contribution in [0.15, 0.2) is 67.1 Å². The van der Waals surface area contributed by atoms with Gasteiger partial charge in [-0.25, -0.2) is 4.98 Å². The number of carbonyl (C=O) groups is 1. The molecule has 1 aliphatic rings. The van der Waals surface area contributed by atoms with Crippen LogP contribution in [0, 0.1) is 6.92 Å². The number of hydrogen-bond donors (Lipinski definition) is 0. The zero-order chi connectivity index (χ0) is 18.6. The Morgan fingerprint density at radius 3 is 2.37 bits per heavy atom. The van der Waals surface area contributed by atoms with Crippen molar-refractivity contribution in [3.63, 3.8) is 0 Å². The molecule has 0 radical (unpaired) electrons. The number of imidazole rings is 1. The average Bonchev–Trinajstić information content (AvgIpc) is 3.14. The molecule has 3 aromatic rings. The number of hydrogen-bond acceptors (Lipinski definition) is 3. The molecular formula is C22H24N4O. The van der Waals surface area contributed by atoms with Crippen LogP contribution >= 0.6 is 0 Å². The summed E-state index contributed by atoms with van der Waals surface area (Å²) >= 11 is 0. The highest BCUT2D eigenvalue weighted by atomic mass is 16.2. The molecule has 138 valence electrons. The Bertz CT molecular complexity index is 902. The van der Waals surface area contributed by atoms with Gasteiger partial charge in [0, 0.05) is 37.2 Å². The fourth-order valence-electron chi connectivity index (χ4n) is 3.47. The maximum Gasteiger partial charge on any atom is 0.242 e. The molecule has 1 saturated heterocycles. The first-order valence-corrected chi connectivity index (χ1v) is 9.37. The second kappa shape index (κ2) is 7.66. The van der Waals surface area contributed by atoms with Crippen molar-refractivity contribution in [1.29, 1.82) is 0 Å². The molecule has 0 bridgehead atoms. The van der Waals surface area contributed by atoms with Gasteiger partial charge in [-0.2, -0.15) is 0 Å². The minimum Gasteiger partial charge on any atom is -0.360 e. The van der Waals surface area contributed by atoms with Crippen LogP contribution in [0.25, 0.3) is 5.69 Å². The zero-order valence-corrected chi connectivity index (χ0v) is 15.6. The molecule has 0 N–H and O–H groups in total. The highest BCUT2D eigenvalue weighted by Gasteiger charge is 2.23. The Kier molecular flexibility index (Phi) is 4.92. The van der Waals surface area contributed by atoms with Gasteiger partial charge in [-0.15, -0.1) is 0 Å². The summed E-state index contributed by atoms with van der Waals surface area (Å²) in [5, 5.41) is 0. The van der Waals surface area contributed by atoms with Crippen molar-refractivity contribution in [1.82, 2.24) is 14.5 Å². The standard InChI is InChI=1S/C22H24N4O/c1-18-15-26(17-23-18)21-9-7-20(8-10-21)25-14-13-24(22(27)16-25)12-11-19-5-3-2-4-6-19/h2-10,15,17H,11-14,16H2,1H3. The molecule has 1 amide bonds. The van der Waals surface area contributed by atoms with Gasteiger partial charge < -0.3 is 14.4 Å². The predicted molar refractivity (Wildman–Crippen MR) is 107 cm³/mol. The highest BCUT2D eigenvalue weighted by Crippen LogP contribution is 2.20. The van der Waals surface area contributed by atoms with E-state index in [1.807, 2.05) is 47.1 Å². The molecule has 1 aromatic heterocycles. The number of piperazine rings is 1. The lowest BCUT2D eigenvalue weighted by Gasteiger charge is -2.35. The molecule has 1 aliphatic heterocycles. The van der Waals surface area contributed by atoms with Gasteiger partial charge in [0.1, 0.15) is 0 Å². The van der Waals surface area contributed by atoms with Crippen LogP contribution in [0.1, 0.15) is 11.3 Å². The van der Waals surface area contributed by atoms with Crippen LogP contribution in [0.4, 0.5) is 5.69 Å². The van der Waals surface area contributed by atoms with E-state index in [0.717, 1.165) is 43.1 Å². The Morgan fingerprint density at radius 2 is 1.70 bits per heavy atom. The van der Waals surface area contributed by atoms with Crippen molar-refractivity contribution in [2.75, 3.05) is 31.1 Å². The number of rotatable bonds is 5. The molecule has 0 unspecified atom stereocenters. The fraction of sp³-hybridized carbons (Fsp3) is 0.273. The fourth-order valence-corrected chi connectivity index (χ4v) is 3.47. The van der Waals surface area contributed by atoms with Gasteiger partial charge in [-0.05, 0) is 43.2 Å². The van der Waals surface area contributed by atoms with E-state index in [4.69, 9.17) is 0 Å². The SMILES string of the molecule is Cc1cn(-c2ccc(N3CCN(CCc4ccccc4)C(=O)C3)cc2)cn1. The van der Waals surface area contributed by atoms with Crippen LogP contribution < -0.4 is 4.90 Å². The molecule has 5 heteroatoms. The van der Waals surface area contributed by atoms with Crippen LogP contribution in [0.2, 0.25) is 0 Å². The van der Waals surface area contributed by atoms with Gasteiger partial charge >= 0.3 is 0 Å². The second-order valence-electron chi connectivity index (χ2n) is 6.98. The van der Waals surface area contributed by atoms with Gasteiger partial charge in [-0.1, -0.05) is 30.3 Å². The van der Waals surface area contributed by atoms with Crippen molar-refractivity contribution < 1.29 is 4.79 Å². The normalized spacial score (nSPS) is 14.6. The van der Waals surface area contributed by atoms with Crippen LogP contribution in [0.3, 0.4) is 0 Å². The number of amides is 1. The predicted octanol–water partition coefficient (Wildman–Crippen LogP) is 3.07. The van der Waals surface area contributed by atoms with Gasteiger partial charge in [0.2, 0.25) is 5.91 Å². The second-order valence-corrected chi connectivity index (χ2v) is 6.98. The minimum absolute atomic E-state index is 0.200. The number of aromatic nitrogens is 2. The van der Waals surface area contributed by atoms with E-state index in [9.17, 15) is 4.79 Å². The molecule has 5 nitrogen and oxygen atoms in total. The number of anilines is 1. The first kappa shape index (κ1) is 17.3. The number of aryl methyl sites for hydroxylation is 1. The Morgan fingerprint density at radius 1 is 0.963 bits per heavy atom. The van der Waals surface area contributed by atoms with E-state index in [0.29, 0.717) is 6.54 Å². The summed E-state index contributed by atoms with van der Waals surface area (Å²) in [5.41, 5.74) is 4.44. The topological polar surface area (TPSA) is 41.4 Å². The summed E-state index contributed by atoms with van der Waals surface area (Å²) in [4.78, 5) is 21.0. The first-order valence-electron chi connectivity index (χ1n) is 9.37. The third-order valence-electron chi connectivity index (χ3n) is 5.06. The monoisotopic (exact) mass is 360 g/mol. The van der Waals surface area contributed by atoms with Crippen LogP contribution in [0.5, 0.6) is 0 Å². The van der Waals surface area contributed by atoms with Crippen molar-refractivity contribution in [3.8, 4) is 5.69 Å². The molecule has 0 saturated carbocycles. The average molecular weight is 360 g/mol. The Labute approximate surface area is 159 Å². The van der Waals surface area contributed by atoms with E-state index in [1.54, 1.807) is 0 Å². The smallest absolute Gasteiger partial charge is 0.242 e. The number of carbonyl (C=O) groups excluding carboxylic acids is 1. The maximum absolute atomic E-state index is 12.6. The zero-order valence-electron chi connectivity index (χ0n) is 15.6. The minimum atomic E-state index is 0.200. The number of nitrogens with zero attached hydrogens (tertiary/aromatic N) is 4. The third-order valence-corrected chi connectivity index (χ3v) is 5.06.